The van der Waals surface area contributed by atoms with Gasteiger partial charge in [-0.2, -0.15) is 0 Å². The summed E-state index contributed by atoms with van der Waals surface area (Å²) in [7, 11) is 0. The van der Waals surface area contributed by atoms with E-state index in [0.29, 0.717) is 5.82 Å². The number of hydrogen-bond acceptors (Lipinski definition) is 4. The van der Waals surface area contributed by atoms with E-state index in [0.717, 1.165) is 61.5 Å². The van der Waals surface area contributed by atoms with Gasteiger partial charge >= 0.3 is 0 Å². The first kappa shape index (κ1) is 38.4. The number of thiophene rings is 2. The second kappa shape index (κ2) is 15.9. The molecule has 0 aliphatic heterocycles. The van der Waals surface area contributed by atoms with Gasteiger partial charge in [0.1, 0.15) is 0 Å². The Morgan fingerprint density at radius 1 is 0.273 bits per heavy atom. The summed E-state index contributed by atoms with van der Waals surface area (Å²) in [5.74, 6) is 0.681. The zero-order valence-corrected chi connectivity index (χ0v) is 37.3. The highest BCUT2D eigenvalue weighted by molar-refractivity contribution is 7.26. The highest BCUT2D eigenvalue weighted by atomic mass is 32.1. The summed E-state index contributed by atoms with van der Waals surface area (Å²) in [4.78, 5) is 11.4. The number of aromatic nitrogens is 2. The third kappa shape index (κ3) is 6.45. The molecular formula is C62H38N2S2. The Morgan fingerprint density at radius 3 is 1.39 bits per heavy atom. The van der Waals surface area contributed by atoms with Crippen LogP contribution in [-0.2, 0) is 0 Å². The van der Waals surface area contributed by atoms with Crippen molar-refractivity contribution in [2.45, 2.75) is 0 Å². The first-order chi connectivity index (χ1) is 32.7. The van der Waals surface area contributed by atoms with Crippen molar-refractivity contribution in [1.82, 2.24) is 9.97 Å². The van der Waals surface area contributed by atoms with Crippen LogP contribution in [0, 0.1) is 0 Å². The molecule has 10 aromatic carbocycles. The fourth-order valence-corrected chi connectivity index (χ4v) is 12.4. The standard InChI is InChI=1S/C62H38N2S2/c1-3-17-39(18-4-1)42-23-13-24-43(37-42)59-53(36-35-48(58(59)41-20-5-2-6-21-41)45-28-14-22-40-19-7-8-25-44(40)45)62-63-54(51-31-15-29-49-46-26-9-11-33-56(46)65-60(49)51)38-55(64-62)52-32-16-30-50-47-27-10-12-34-57(47)66-61(50)52/h1-38H. The van der Waals surface area contributed by atoms with Crippen molar-refractivity contribution >= 4 is 73.8 Å². The minimum Gasteiger partial charge on any atom is -0.228 e. The average Bonchev–Trinajstić information content (AvgIpc) is 3.97. The Kier molecular flexibility index (Phi) is 9.26. The lowest BCUT2D eigenvalue weighted by Gasteiger charge is -2.22. The first-order valence-corrected chi connectivity index (χ1v) is 23.9. The molecule has 0 atom stereocenters. The van der Waals surface area contributed by atoms with Crippen LogP contribution in [0.3, 0.4) is 0 Å². The molecule has 0 amide bonds. The molecule has 0 N–H and O–H groups in total. The van der Waals surface area contributed by atoms with E-state index >= 15 is 0 Å². The molecule has 0 saturated heterocycles. The molecule has 308 valence electrons. The van der Waals surface area contributed by atoms with Crippen molar-refractivity contribution in [3.63, 3.8) is 0 Å². The van der Waals surface area contributed by atoms with Crippen molar-refractivity contribution in [2.75, 3.05) is 0 Å². The number of hydrogen-bond donors (Lipinski definition) is 0. The van der Waals surface area contributed by atoms with Gasteiger partial charge in [-0.3, -0.25) is 0 Å². The zero-order valence-electron chi connectivity index (χ0n) is 35.7. The summed E-state index contributed by atoms with van der Waals surface area (Å²) in [5.41, 5.74) is 14.1. The van der Waals surface area contributed by atoms with Crippen molar-refractivity contribution < 1.29 is 0 Å². The van der Waals surface area contributed by atoms with Gasteiger partial charge in [-0.15, -0.1) is 22.7 Å². The summed E-state index contributed by atoms with van der Waals surface area (Å²) in [6, 6.07) is 83.4. The molecule has 0 aliphatic rings. The van der Waals surface area contributed by atoms with Gasteiger partial charge in [-0.1, -0.05) is 200 Å². The Bertz CT molecular complexity index is 3860. The molecule has 3 aromatic heterocycles. The molecule has 3 heterocycles. The smallest absolute Gasteiger partial charge is 0.161 e. The van der Waals surface area contributed by atoms with Gasteiger partial charge in [0.2, 0.25) is 0 Å². The van der Waals surface area contributed by atoms with Crippen LogP contribution in [0.5, 0.6) is 0 Å². The van der Waals surface area contributed by atoms with Crippen LogP contribution in [0.25, 0.3) is 130 Å². The molecule has 4 heteroatoms. The lowest BCUT2D eigenvalue weighted by molar-refractivity contribution is 1.19. The number of rotatable bonds is 7. The molecule has 13 aromatic rings. The van der Waals surface area contributed by atoms with Crippen LogP contribution in [0.1, 0.15) is 0 Å². The Labute approximate surface area is 390 Å². The van der Waals surface area contributed by atoms with Gasteiger partial charge in [0, 0.05) is 62.6 Å². The molecule has 13 rings (SSSR count). The predicted molar refractivity (Wildman–Crippen MR) is 283 cm³/mol. The molecular weight excluding hydrogens is 837 g/mol. The topological polar surface area (TPSA) is 25.8 Å². The lowest BCUT2D eigenvalue weighted by atomic mass is 9.83. The molecule has 0 aliphatic carbocycles. The summed E-state index contributed by atoms with van der Waals surface area (Å²) < 4.78 is 4.98. The van der Waals surface area contributed by atoms with Crippen LogP contribution in [0.2, 0.25) is 0 Å². The lowest BCUT2D eigenvalue weighted by Crippen LogP contribution is -2.00. The average molecular weight is 875 g/mol. The van der Waals surface area contributed by atoms with Crippen molar-refractivity contribution in [3.05, 3.63) is 231 Å². The molecule has 0 spiro atoms. The normalized spacial score (nSPS) is 11.6. The van der Waals surface area contributed by atoms with Crippen LogP contribution < -0.4 is 0 Å². The Morgan fingerprint density at radius 2 is 0.727 bits per heavy atom. The largest absolute Gasteiger partial charge is 0.228 e. The van der Waals surface area contributed by atoms with E-state index in [-0.39, 0.29) is 0 Å². The van der Waals surface area contributed by atoms with Crippen LogP contribution in [0.4, 0.5) is 0 Å². The van der Waals surface area contributed by atoms with E-state index in [9.17, 15) is 0 Å². The molecule has 0 radical (unpaired) electrons. The van der Waals surface area contributed by atoms with Crippen molar-refractivity contribution in [3.8, 4) is 78.4 Å². The minimum atomic E-state index is 0.681. The highest BCUT2D eigenvalue weighted by Crippen LogP contribution is 2.49. The van der Waals surface area contributed by atoms with Crippen LogP contribution in [-0.4, -0.2) is 9.97 Å². The minimum absolute atomic E-state index is 0.681. The molecule has 0 saturated carbocycles. The van der Waals surface area contributed by atoms with Gasteiger partial charge in [0.05, 0.1) is 11.4 Å². The quantitative estimate of drug-likeness (QED) is 0.159. The Hall–Kier alpha value is -8.02. The molecule has 0 fully saturated rings. The predicted octanol–water partition coefficient (Wildman–Crippen LogP) is 18.0. The number of nitrogens with zero attached hydrogens (tertiary/aromatic N) is 2. The van der Waals surface area contributed by atoms with E-state index in [1.54, 1.807) is 0 Å². The highest BCUT2D eigenvalue weighted by Gasteiger charge is 2.24. The van der Waals surface area contributed by atoms with Crippen LogP contribution in [0.15, 0.2) is 231 Å². The van der Waals surface area contributed by atoms with Gasteiger partial charge in [-0.25, -0.2) is 9.97 Å². The second-order valence-corrected chi connectivity index (χ2v) is 18.9. The Balaban J connectivity index is 1.15. The molecule has 66 heavy (non-hydrogen) atoms. The van der Waals surface area contributed by atoms with Crippen molar-refractivity contribution in [2.24, 2.45) is 0 Å². The van der Waals surface area contributed by atoms with Gasteiger partial charge < -0.3 is 0 Å². The first-order valence-electron chi connectivity index (χ1n) is 22.3. The van der Waals surface area contributed by atoms with E-state index in [4.69, 9.17) is 9.97 Å². The van der Waals surface area contributed by atoms with Gasteiger partial charge in [0.15, 0.2) is 5.82 Å². The molecule has 0 bridgehead atoms. The second-order valence-electron chi connectivity index (χ2n) is 16.8. The third-order valence-corrected chi connectivity index (χ3v) is 15.4. The maximum Gasteiger partial charge on any atom is 0.161 e. The van der Waals surface area contributed by atoms with E-state index in [2.05, 4.69) is 231 Å². The fraction of sp³-hybridized carbons (Fsp3) is 0. The third-order valence-electron chi connectivity index (χ3n) is 12.9. The number of benzene rings is 10. The summed E-state index contributed by atoms with van der Waals surface area (Å²) in [6.07, 6.45) is 0. The van der Waals surface area contributed by atoms with Gasteiger partial charge in [0.25, 0.3) is 0 Å². The number of fused-ring (bicyclic) bond motifs is 7. The van der Waals surface area contributed by atoms with E-state index < -0.39 is 0 Å². The monoisotopic (exact) mass is 874 g/mol. The molecule has 2 nitrogen and oxygen atoms in total. The summed E-state index contributed by atoms with van der Waals surface area (Å²) >= 11 is 3.67. The maximum atomic E-state index is 5.70. The van der Waals surface area contributed by atoms with E-state index in [1.807, 2.05) is 22.7 Å². The molecule has 0 unspecified atom stereocenters. The van der Waals surface area contributed by atoms with Crippen LogP contribution >= 0.6 is 22.7 Å². The SMILES string of the molecule is c1ccc(-c2cccc(-c3c(-c4nc(-c5cccc6c5sc5ccccc56)cc(-c5cccc6c5sc5ccccc56)n4)ccc(-c4cccc5ccccc45)c3-c3ccccc3)c2)cc1. The van der Waals surface area contributed by atoms with Crippen molar-refractivity contribution in [1.29, 1.82) is 0 Å². The maximum absolute atomic E-state index is 5.70. The summed E-state index contributed by atoms with van der Waals surface area (Å²) in [5, 5.41) is 7.43. The fourth-order valence-electron chi connectivity index (χ4n) is 9.90. The van der Waals surface area contributed by atoms with Gasteiger partial charge in [-0.05, 0) is 80.0 Å². The zero-order chi connectivity index (χ0) is 43.6. The summed E-state index contributed by atoms with van der Waals surface area (Å²) in [6.45, 7) is 0. The van der Waals surface area contributed by atoms with E-state index in [1.165, 1.54) is 62.2 Å².